The minimum atomic E-state index is -0.910. The molecule has 19 heavy (non-hydrogen) atoms. The summed E-state index contributed by atoms with van der Waals surface area (Å²) in [6, 6.07) is 7.55. The molecule has 1 aliphatic rings. The van der Waals surface area contributed by atoms with Crippen molar-refractivity contribution in [2.75, 3.05) is 0 Å². The van der Waals surface area contributed by atoms with Crippen LogP contribution in [0.25, 0.3) is 0 Å². The smallest absolute Gasteiger partial charge is 0.339 e. The number of hydrogen-bond acceptors (Lipinski definition) is 2. The highest BCUT2D eigenvalue weighted by atomic mass is 35.5. The standard InChI is InChI=1S/C14H13ClN2O2/c15-12-4-2-1-3-10(12)8-17-13(9-5-6-9)11(7-16-17)14(18)19/h1-4,7,9H,5-6,8H2,(H,18,19). The molecule has 1 aromatic heterocycles. The van der Waals surface area contributed by atoms with E-state index in [2.05, 4.69) is 5.10 Å². The molecule has 3 rings (SSSR count). The Bertz CT molecular complexity index is 632. The Hall–Kier alpha value is -1.81. The zero-order valence-electron chi connectivity index (χ0n) is 10.2. The topological polar surface area (TPSA) is 55.1 Å². The zero-order valence-corrected chi connectivity index (χ0v) is 11.0. The van der Waals surface area contributed by atoms with Gasteiger partial charge in [-0.15, -0.1) is 0 Å². The maximum absolute atomic E-state index is 11.2. The van der Waals surface area contributed by atoms with Crippen LogP contribution in [0.4, 0.5) is 0 Å². The average Bonchev–Trinajstić information content (AvgIpc) is 3.13. The molecule has 0 amide bonds. The largest absolute Gasteiger partial charge is 0.478 e. The maximum Gasteiger partial charge on any atom is 0.339 e. The van der Waals surface area contributed by atoms with Crippen molar-refractivity contribution in [2.24, 2.45) is 0 Å². The van der Waals surface area contributed by atoms with E-state index in [-0.39, 0.29) is 0 Å². The average molecular weight is 277 g/mol. The van der Waals surface area contributed by atoms with E-state index in [0.29, 0.717) is 23.0 Å². The molecule has 1 fully saturated rings. The molecule has 1 aromatic carbocycles. The summed E-state index contributed by atoms with van der Waals surface area (Å²) in [6.07, 6.45) is 3.51. The molecule has 0 spiro atoms. The number of halogens is 1. The van der Waals surface area contributed by atoms with Crippen molar-refractivity contribution < 1.29 is 9.90 Å². The molecule has 4 nitrogen and oxygen atoms in total. The van der Waals surface area contributed by atoms with Crippen LogP contribution < -0.4 is 0 Å². The fraction of sp³-hybridized carbons (Fsp3) is 0.286. The summed E-state index contributed by atoms with van der Waals surface area (Å²) in [4.78, 5) is 11.2. The Labute approximate surface area is 115 Å². The van der Waals surface area contributed by atoms with E-state index in [1.807, 2.05) is 24.3 Å². The predicted octanol–water partition coefficient (Wildman–Crippen LogP) is 3.16. The lowest BCUT2D eigenvalue weighted by Crippen LogP contribution is -2.08. The molecule has 0 radical (unpaired) electrons. The van der Waals surface area contributed by atoms with Crippen molar-refractivity contribution in [3.8, 4) is 0 Å². The van der Waals surface area contributed by atoms with Crippen molar-refractivity contribution in [1.82, 2.24) is 9.78 Å². The van der Waals surface area contributed by atoms with Crippen LogP contribution in [0.1, 0.15) is 40.4 Å². The third-order valence-corrected chi connectivity index (χ3v) is 3.72. The highest BCUT2D eigenvalue weighted by molar-refractivity contribution is 6.31. The van der Waals surface area contributed by atoms with Gasteiger partial charge in [-0.25, -0.2) is 4.79 Å². The summed E-state index contributed by atoms with van der Waals surface area (Å²) in [5, 5.41) is 14.1. The van der Waals surface area contributed by atoms with Crippen LogP contribution in [0, 0.1) is 0 Å². The highest BCUT2D eigenvalue weighted by Crippen LogP contribution is 2.41. The van der Waals surface area contributed by atoms with Crippen molar-refractivity contribution >= 4 is 17.6 Å². The molecule has 1 N–H and O–H groups in total. The lowest BCUT2D eigenvalue weighted by atomic mass is 10.1. The second-order valence-electron chi connectivity index (χ2n) is 4.77. The van der Waals surface area contributed by atoms with E-state index in [1.165, 1.54) is 6.20 Å². The van der Waals surface area contributed by atoms with Gasteiger partial charge in [-0.3, -0.25) is 4.68 Å². The van der Waals surface area contributed by atoms with Crippen molar-refractivity contribution in [3.63, 3.8) is 0 Å². The molecule has 1 aliphatic carbocycles. The molecule has 2 aromatic rings. The van der Waals surface area contributed by atoms with Crippen LogP contribution in [-0.2, 0) is 6.54 Å². The molecular formula is C14H13ClN2O2. The van der Waals surface area contributed by atoms with Crippen molar-refractivity contribution in [3.05, 3.63) is 52.3 Å². The Balaban J connectivity index is 1.97. The third kappa shape index (κ3) is 2.36. The number of carboxylic acids is 1. The monoisotopic (exact) mass is 276 g/mol. The summed E-state index contributed by atoms with van der Waals surface area (Å²) < 4.78 is 1.77. The van der Waals surface area contributed by atoms with Gasteiger partial charge in [-0.2, -0.15) is 5.10 Å². The first kappa shape index (κ1) is 12.2. The minimum Gasteiger partial charge on any atom is -0.478 e. The number of aromatic nitrogens is 2. The normalized spacial score (nSPS) is 14.6. The Kier molecular flexibility index (Phi) is 3.03. The number of nitrogens with zero attached hydrogens (tertiary/aromatic N) is 2. The van der Waals surface area contributed by atoms with Gasteiger partial charge in [0.2, 0.25) is 0 Å². The summed E-state index contributed by atoms with van der Waals surface area (Å²) in [6.45, 7) is 0.513. The summed E-state index contributed by atoms with van der Waals surface area (Å²) in [7, 11) is 0. The van der Waals surface area contributed by atoms with Gasteiger partial charge < -0.3 is 5.11 Å². The Morgan fingerprint density at radius 2 is 2.16 bits per heavy atom. The molecule has 98 valence electrons. The first-order chi connectivity index (χ1) is 9.16. The second-order valence-corrected chi connectivity index (χ2v) is 5.18. The maximum atomic E-state index is 11.2. The number of carboxylic acid groups (broad SMARTS) is 1. The molecule has 1 saturated carbocycles. The van der Waals surface area contributed by atoms with Crippen LogP contribution in [0.15, 0.2) is 30.5 Å². The molecule has 0 saturated heterocycles. The van der Waals surface area contributed by atoms with E-state index >= 15 is 0 Å². The van der Waals surface area contributed by atoms with Crippen molar-refractivity contribution in [1.29, 1.82) is 0 Å². The van der Waals surface area contributed by atoms with Crippen LogP contribution in [-0.4, -0.2) is 20.9 Å². The van der Waals surface area contributed by atoms with E-state index < -0.39 is 5.97 Å². The molecule has 0 atom stereocenters. The molecule has 0 unspecified atom stereocenters. The molecule has 0 aliphatic heterocycles. The van der Waals surface area contributed by atoms with Gasteiger partial charge in [0.1, 0.15) is 5.56 Å². The molecular weight excluding hydrogens is 264 g/mol. The SMILES string of the molecule is O=C(O)c1cnn(Cc2ccccc2Cl)c1C1CC1. The van der Waals surface area contributed by atoms with E-state index in [1.54, 1.807) is 4.68 Å². The Morgan fingerprint density at radius 3 is 2.79 bits per heavy atom. The third-order valence-electron chi connectivity index (χ3n) is 3.35. The number of rotatable bonds is 4. The first-order valence-corrected chi connectivity index (χ1v) is 6.57. The van der Waals surface area contributed by atoms with Gasteiger partial charge >= 0.3 is 5.97 Å². The van der Waals surface area contributed by atoms with E-state index in [0.717, 1.165) is 24.1 Å². The van der Waals surface area contributed by atoms with Crippen LogP contribution >= 0.6 is 11.6 Å². The molecule has 1 heterocycles. The molecule has 0 bridgehead atoms. The summed E-state index contributed by atoms with van der Waals surface area (Å²) in [5.74, 6) is -0.580. The summed E-state index contributed by atoms with van der Waals surface area (Å²) in [5.41, 5.74) is 2.09. The van der Waals surface area contributed by atoms with Crippen LogP contribution in [0.3, 0.4) is 0 Å². The second kappa shape index (κ2) is 4.70. The van der Waals surface area contributed by atoms with Gasteiger partial charge in [-0.1, -0.05) is 29.8 Å². The van der Waals surface area contributed by atoms with Crippen LogP contribution in [0.5, 0.6) is 0 Å². The van der Waals surface area contributed by atoms with Gasteiger partial charge in [0.15, 0.2) is 0 Å². The van der Waals surface area contributed by atoms with E-state index in [9.17, 15) is 9.90 Å². The van der Waals surface area contributed by atoms with Crippen LogP contribution in [0.2, 0.25) is 5.02 Å². The zero-order chi connectivity index (χ0) is 13.4. The number of carbonyl (C=O) groups is 1. The fourth-order valence-electron chi connectivity index (χ4n) is 2.26. The number of aromatic carboxylic acids is 1. The number of hydrogen-bond donors (Lipinski definition) is 1. The quantitative estimate of drug-likeness (QED) is 0.933. The first-order valence-electron chi connectivity index (χ1n) is 6.19. The highest BCUT2D eigenvalue weighted by Gasteiger charge is 2.32. The lowest BCUT2D eigenvalue weighted by molar-refractivity contribution is 0.0695. The summed E-state index contributed by atoms with van der Waals surface area (Å²) >= 11 is 6.13. The lowest BCUT2D eigenvalue weighted by Gasteiger charge is -2.09. The molecule has 5 heteroatoms. The van der Waals surface area contributed by atoms with Gasteiger partial charge in [0, 0.05) is 10.9 Å². The predicted molar refractivity (Wildman–Crippen MR) is 71.7 cm³/mol. The Morgan fingerprint density at radius 1 is 1.42 bits per heavy atom. The van der Waals surface area contributed by atoms with Gasteiger partial charge in [0.25, 0.3) is 0 Å². The van der Waals surface area contributed by atoms with Crippen molar-refractivity contribution in [2.45, 2.75) is 25.3 Å². The van der Waals surface area contributed by atoms with Gasteiger partial charge in [0.05, 0.1) is 18.4 Å². The van der Waals surface area contributed by atoms with Gasteiger partial charge in [-0.05, 0) is 24.5 Å². The fourth-order valence-corrected chi connectivity index (χ4v) is 2.46. The number of benzene rings is 1. The minimum absolute atomic E-state index is 0.314. The van der Waals surface area contributed by atoms with E-state index in [4.69, 9.17) is 11.6 Å².